The first kappa shape index (κ1) is 14.5. The van der Waals surface area contributed by atoms with E-state index in [0.29, 0.717) is 30.8 Å². The van der Waals surface area contributed by atoms with E-state index in [2.05, 4.69) is 14.9 Å². The van der Waals surface area contributed by atoms with Gasteiger partial charge in [-0.05, 0) is 31.6 Å². The van der Waals surface area contributed by atoms with Crippen molar-refractivity contribution in [3.63, 3.8) is 0 Å². The molecule has 0 aromatic carbocycles. The molecule has 0 spiro atoms. The van der Waals surface area contributed by atoms with E-state index < -0.39 is 5.60 Å². The van der Waals surface area contributed by atoms with Crippen LogP contribution in [0.5, 0.6) is 5.88 Å². The molecule has 6 nitrogen and oxygen atoms in total. The summed E-state index contributed by atoms with van der Waals surface area (Å²) < 4.78 is 10.4. The molecule has 21 heavy (non-hydrogen) atoms. The molecular formula is C15H23N3O3. The van der Waals surface area contributed by atoms with Crippen molar-refractivity contribution in [3.05, 3.63) is 11.9 Å². The van der Waals surface area contributed by atoms with E-state index in [9.17, 15) is 5.11 Å². The predicted octanol–water partition coefficient (Wildman–Crippen LogP) is 1.37. The van der Waals surface area contributed by atoms with E-state index in [4.69, 9.17) is 9.47 Å². The summed E-state index contributed by atoms with van der Waals surface area (Å²) in [4.78, 5) is 11.0. The van der Waals surface area contributed by atoms with E-state index >= 15 is 0 Å². The highest BCUT2D eigenvalue weighted by Crippen LogP contribution is 2.44. The molecule has 6 heteroatoms. The van der Waals surface area contributed by atoms with Crippen LogP contribution in [0.4, 0.5) is 5.82 Å². The fourth-order valence-electron chi connectivity index (χ4n) is 3.13. The molecule has 2 aliphatic rings. The second-order valence-electron chi connectivity index (χ2n) is 6.02. The van der Waals surface area contributed by atoms with Gasteiger partial charge in [-0.3, -0.25) is 0 Å². The molecule has 1 saturated heterocycles. The molecule has 1 aliphatic heterocycles. The van der Waals surface area contributed by atoms with Gasteiger partial charge in [-0.25, -0.2) is 4.98 Å². The molecule has 1 aromatic rings. The van der Waals surface area contributed by atoms with Gasteiger partial charge < -0.3 is 19.5 Å². The van der Waals surface area contributed by atoms with Crippen molar-refractivity contribution in [1.82, 2.24) is 9.97 Å². The van der Waals surface area contributed by atoms with E-state index in [-0.39, 0.29) is 0 Å². The second kappa shape index (κ2) is 5.77. The molecule has 1 aromatic heterocycles. The molecule has 0 radical (unpaired) electrons. The summed E-state index contributed by atoms with van der Waals surface area (Å²) in [6.45, 7) is 1.90. The predicted molar refractivity (Wildman–Crippen MR) is 78.4 cm³/mol. The number of methoxy groups -OCH3 is 2. The first-order chi connectivity index (χ1) is 10.1. The van der Waals surface area contributed by atoms with Gasteiger partial charge in [-0.1, -0.05) is 0 Å². The Morgan fingerprint density at radius 1 is 1.38 bits per heavy atom. The lowest BCUT2D eigenvalue weighted by Crippen LogP contribution is -2.50. The van der Waals surface area contributed by atoms with Crippen LogP contribution in [0, 0.1) is 5.92 Å². The van der Waals surface area contributed by atoms with Crippen molar-refractivity contribution < 1.29 is 14.6 Å². The molecule has 1 unspecified atom stereocenters. The van der Waals surface area contributed by atoms with Crippen molar-refractivity contribution in [2.24, 2.45) is 5.92 Å². The highest BCUT2D eigenvalue weighted by molar-refractivity contribution is 5.43. The topological polar surface area (TPSA) is 67.7 Å². The third kappa shape index (κ3) is 3.11. The average Bonchev–Trinajstić information content (AvgIpc) is 3.32. The minimum absolute atomic E-state index is 0.352. The summed E-state index contributed by atoms with van der Waals surface area (Å²) in [5.41, 5.74) is -0.558. The molecule has 0 amide bonds. The van der Waals surface area contributed by atoms with E-state index in [0.717, 1.165) is 38.0 Å². The van der Waals surface area contributed by atoms with E-state index in [1.165, 1.54) is 0 Å². The first-order valence-corrected chi connectivity index (χ1v) is 7.53. The number of anilines is 1. The Morgan fingerprint density at radius 3 is 2.86 bits per heavy atom. The van der Waals surface area contributed by atoms with Crippen molar-refractivity contribution in [2.45, 2.75) is 37.9 Å². The van der Waals surface area contributed by atoms with Crippen LogP contribution in [0.25, 0.3) is 0 Å². The summed E-state index contributed by atoms with van der Waals surface area (Å²) in [7, 11) is 3.22. The van der Waals surface area contributed by atoms with Gasteiger partial charge in [0.1, 0.15) is 12.4 Å². The number of β-amino-alcohol motifs (C(OH)–C–C–N with tert-alkyl or cyclic N) is 1. The number of aliphatic hydroxyl groups is 1. The third-order valence-corrected chi connectivity index (χ3v) is 4.38. The monoisotopic (exact) mass is 293 g/mol. The summed E-state index contributed by atoms with van der Waals surface area (Å²) in [5.74, 6) is 2.41. The maximum absolute atomic E-state index is 10.8. The lowest BCUT2D eigenvalue weighted by Gasteiger charge is -2.40. The van der Waals surface area contributed by atoms with Crippen molar-refractivity contribution in [3.8, 4) is 5.88 Å². The molecule has 2 heterocycles. The van der Waals surface area contributed by atoms with Gasteiger partial charge in [0.2, 0.25) is 5.88 Å². The van der Waals surface area contributed by atoms with E-state index in [1.807, 2.05) is 6.07 Å². The molecule has 3 rings (SSSR count). The molecule has 1 aliphatic carbocycles. The maximum atomic E-state index is 10.8. The van der Waals surface area contributed by atoms with Crippen LogP contribution < -0.4 is 9.64 Å². The fourth-order valence-corrected chi connectivity index (χ4v) is 3.13. The Bertz CT molecular complexity index is 507. The van der Waals surface area contributed by atoms with Gasteiger partial charge in [-0.2, -0.15) is 4.98 Å². The van der Waals surface area contributed by atoms with Gasteiger partial charge in [0, 0.05) is 26.3 Å². The van der Waals surface area contributed by atoms with Crippen LogP contribution in [-0.4, -0.2) is 48.0 Å². The summed E-state index contributed by atoms with van der Waals surface area (Å²) in [6.07, 6.45) is 4.17. The number of piperidine rings is 1. The number of nitrogens with zero attached hydrogens (tertiary/aromatic N) is 3. The van der Waals surface area contributed by atoms with E-state index in [1.54, 1.807) is 14.2 Å². The van der Waals surface area contributed by atoms with Crippen LogP contribution in [0.1, 0.15) is 31.5 Å². The van der Waals surface area contributed by atoms with Crippen molar-refractivity contribution in [2.75, 3.05) is 32.2 Å². The quantitative estimate of drug-likeness (QED) is 0.884. The minimum atomic E-state index is -0.558. The van der Waals surface area contributed by atoms with Gasteiger partial charge in [0.25, 0.3) is 0 Å². The molecule has 1 atom stereocenters. The summed E-state index contributed by atoms with van der Waals surface area (Å²) in [6, 6.07) is 1.83. The first-order valence-electron chi connectivity index (χ1n) is 7.53. The molecule has 1 N–H and O–H groups in total. The van der Waals surface area contributed by atoms with Crippen LogP contribution in [0.15, 0.2) is 6.07 Å². The highest BCUT2D eigenvalue weighted by atomic mass is 16.5. The number of ether oxygens (including phenoxy) is 2. The lowest BCUT2D eigenvalue weighted by atomic mass is 9.88. The van der Waals surface area contributed by atoms with Crippen LogP contribution >= 0.6 is 0 Å². The summed E-state index contributed by atoms with van der Waals surface area (Å²) in [5, 5.41) is 10.8. The van der Waals surface area contributed by atoms with Crippen LogP contribution in [0.2, 0.25) is 0 Å². The summed E-state index contributed by atoms with van der Waals surface area (Å²) >= 11 is 0. The number of hydrogen-bond acceptors (Lipinski definition) is 6. The van der Waals surface area contributed by atoms with Gasteiger partial charge in [0.05, 0.1) is 12.7 Å². The average molecular weight is 293 g/mol. The maximum Gasteiger partial charge on any atom is 0.218 e. The van der Waals surface area contributed by atoms with Gasteiger partial charge in [0.15, 0.2) is 5.82 Å². The lowest BCUT2D eigenvalue weighted by molar-refractivity contribution is 0.00418. The zero-order valence-electron chi connectivity index (χ0n) is 12.7. The molecular weight excluding hydrogens is 270 g/mol. The van der Waals surface area contributed by atoms with Crippen molar-refractivity contribution >= 4 is 5.82 Å². The molecule has 2 fully saturated rings. The normalized spacial score (nSPS) is 26.0. The molecule has 1 saturated carbocycles. The Morgan fingerprint density at radius 2 is 2.19 bits per heavy atom. The number of aromatic nitrogens is 2. The third-order valence-electron chi connectivity index (χ3n) is 4.38. The van der Waals surface area contributed by atoms with Gasteiger partial charge in [-0.15, -0.1) is 0 Å². The zero-order chi connectivity index (χ0) is 14.9. The zero-order valence-corrected chi connectivity index (χ0v) is 12.7. The Labute approximate surface area is 125 Å². The number of rotatable bonds is 5. The Kier molecular flexibility index (Phi) is 3.99. The molecule has 0 bridgehead atoms. The molecule has 116 valence electrons. The van der Waals surface area contributed by atoms with Crippen molar-refractivity contribution in [1.29, 1.82) is 0 Å². The van der Waals surface area contributed by atoms with Crippen LogP contribution in [-0.2, 0) is 11.3 Å². The second-order valence-corrected chi connectivity index (χ2v) is 6.02. The Hall–Kier alpha value is -1.40. The SMILES string of the molecule is COCc1nc(OC)cc(N2CCCC(O)(C3CC3)C2)n1. The smallest absolute Gasteiger partial charge is 0.218 e. The Balaban J connectivity index is 1.82. The minimum Gasteiger partial charge on any atom is -0.481 e. The fraction of sp³-hybridized carbons (Fsp3) is 0.733. The number of hydrogen-bond donors (Lipinski definition) is 1. The largest absolute Gasteiger partial charge is 0.481 e. The highest BCUT2D eigenvalue weighted by Gasteiger charge is 2.46. The van der Waals surface area contributed by atoms with Gasteiger partial charge >= 0.3 is 0 Å². The van der Waals surface area contributed by atoms with Crippen LogP contribution in [0.3, 0.4) is 0 Å². The standard InChI is InChI=1S/C15H23N3O3/c1-20-9-12-16-13(8-14(17-12)21-2)18-7-3-6-15(19,10-18)11-4-5-11/h8,11,19H,3-7,9-10H2,1-2H3.